The SMILES string of the molecule is c1ccc(-c2nc(-c3cccc(-c4ccc5cccc(-c6ccc7ccccc7c6)c5c4)c3)nc(-c3ccc4c(c3)oc3ccccc34)n2)cc1. The summed E-state index contributed by atoms with van der Waals surface area (Å²) < 4.78 is 6.22. The van der Waals surface area contributed by atoms with Gasteiger partial charge in [-0.15, -0.1) is 0 Å². The van der Waals surface area contributed by atoms with Gasteiger partial charge in [0.25, 0.3) is 0 Å². The van der Waals surface area contributed by atoms with E-state index in [1.807, 2.05) is 54.6 Å². The molecule has 2 aromatic heterocycles. The van der Waals surface area contributed by atoms with Crippen molar-refractivity contribution >= 4 is 43.5 Å². The van der Waals surface area contributed by atoms with Crippen molar-refractivity contribution in [2.24, 2.45) is 0 Å². The van der Waals surface area contributed by atoms with Crippen LogP contribution in [0.1, 0.15) is 0 Å². The molecular weight excluding hydrogens is 623 g/mol. The van der Waals surface area contributed by atoms with Crippen molar-refractivity contribution in [1.29, 1.82) is 0 Å². The Morgan fingerprint density at radius 2 is 0.882 bits per heavy atom. The minimum Gasteiger partial charge on any atom is -0.456 e. The number of nitrogens with zero attached hydrogens (tertiary/aromatic N) is 3. The summed E-state index contributed by atoms with van der Waals surface area (Å²) in [7, 11) is 0. The zero-order valence-electron chi connectivity index (χ0n) is 27.5. The maximum absolute atomic E-state index is 6.22. The molecule has 0 saturated heterocycles. The Hall–Kier alpha value is -6.91. The summed E-state index contributed by atoms with van der Waals surface area (Å²) in [4.78, 5) is 15.0. The lowest BCUT2D eigenvalue weighted by Crippen LogP contribution is -2.00. The van der Waals surface area contributed by atoms with Crippen molar-refractivity contribution in [3.8, 4) is 56.4 Å². The number of aromatic nitrogens is 3. The van der Waals surface area contributed by atoms with Crippen LogP contribution in [0, 0.1) is 0 Å². The molecule has 0 aliphatic carbocycles. The second-order valence-corrected chi connectivity index (χ2v) is 12.9. The highest BCUT2D eigenvalue weighted by molar-refractivity contribution is 6.06. The summed E-state index contributed by atoms with van der Waals surface area (Å²) in [5, 5.41) is 7.06. The molecule has 0 bridgehead atoms. The average molecular weight is 652 g/mol. The first-order chi connectivity index (χ1) is 25.2. The number of rotatable bonds is 5. The first kappa shape index (κ1) is 29.0. The third-order valence-electron chi connectivity index (χ3n) is 9.70. The van der Waals surface area contributed by atoms with Gasteiger partial charge in [-0.25, -0.2) is 15.0 Å². The summed E-state index contributed by atoms with van der Waals surface area (Å²) in [6.07, 6.45) is 0. The normalized spacial score (nSPS) is 11.5. The van der Waals surface area contributed by atoms with Crippen LogP contribution in [0.5, 0.6) is 0 Å². The van der Waals surface area contributed by atoms with Gasteiger partial charge in [-0.1, -0.05) is 140 Å². The van der Waals surface area contributed by atoms with E-state index in [1.165, 1.54) is 32.7 Å². The molecule has 8 aromatic carbocycles. The van der Waals surface area contributed by atoms with Crippen LogP contribution in [0.4, 0.5) is 0 Å². The molecule has 0 atom stereocenters. The third-order valence-corrected chi connectivity index (χ3v) is 9.70. The van der Waals surface area contributed by atoms with Crippen LogP contribution in [0.3, 0.4) is 0 Å². The largest absolute Gasteiger partial charge is 0.456 e. The minimum absolute atomic E-state index is 0.595. The summed E-state index contributed by atoms with van der Waals surface area (Å²) in [6, 6.07) is 61.3. The predicted molar refractivity (Wildman–Crippen MR) is 209 cm³/mol. The highest BCUT2D eigenvalue weighted by Gasteiger charge is 2.15. The van der Waals surface area contributed by atoms with Gasteiger partial charge in [-0.05, 0) is 80.2 Å². The van der Waals surface area contributed by atoms with E-state index in [0.29, 0.717) is 17.5 Å². The summed E-state index contributed by atoms with van der Waals surface area (Å²) >= 11 is 0. The van der Waals surface area contributed by atoms with Gasteiger partial charge in [-0.3, -0.25) is 0 Å². The van der Waals surface area contributed by atoms with E-state index < -0.39 is 0 Å². The van der Waals surface area contributed by atoms with Crippen molar-refractivity contribution in [1.82, 2.24) is 15.0 Å². The van der Waals surface area contributed by atoms with Crippen molar-refractivity contribution in [2.45, 2.75) is 0 Å². The van der Waals surface area contributed by atoms with E-state index in [0.717, 1.165) is 49.8 Å². The van der Waals surface area contributed by atoms with E-state index >= 15 is 0 Å². The number of para-hydroxylation sites is 1. The fourth-order valence-corrected chi connectivity index (χ4v) is 7.11. The van der Waals surface area contributed by atoms with E-state index in [9.17, 15) is 0 Å². The number of furan rings is 1. The molecule has 0 saturated carbocycles. The number of hydrogen-bond acceptors (Lipinski definition) is 4. The van der Waals surface area contributed by atoms with E-state index in [2.05, 4.69) is 121 Å². The van der Waals surface area contributed by atoms with Crippen LogP contribution >= 0.6 is 0 Å². The number of fused-ring (bicyclic) bond motifs is 5. The Balaban J connectivity index is 1.09. The predicted octanol–water partition coefficient (Wildman–Crippen LogP) is 12.4. The zero-order valence-corrected chi connectivity index (χ0v) is 27.5. The lowest BCUT2D eigenvalue weighted by atomic mass is 9.93. The molecule has 0 aliphatic rings. The van der Waals surface area contributed by atoms with Crippen LogP contribution in [-0.2, 0) is 0 Å². The molecule has 0 unspecified atom stereocenters. The average Bonchev–Trinajstić information content (AvgIpc) is 3.58. The van der Waals surface area contributed by atoms with E-state index in [4.69, 9.17) is 19.4 Å². The monoisotopic (exact) mass is 651 g/mol. The maximum Gasteiger partial charge on any atom is 0.164 e. The van der Waals surface area contributed by atoms with Crippen molar-refractivity contribution < 1.29 is 4.42 Å². The lowest BCUT2D eigenvalue weighted by Gasteiger charge is -2.12. The van der Waals surface area contributed by atoms with Crippen molar-refractivity contribution in [2.75, 3.05) is 0 Å². The van der Waals surface area contributed by atoms with E-state index in [1.54, 1.807) is 0 Å². The Morgan fingerprint density at radius 3 is 1.76 bits per heavy atom. The Bertz CT molecular complexity index is 2930. The van der Waals surface area contributed by atoms with Crippen molar-refractivity contribution in [3.05, 3.63) is 176 Å². The van der Waals surface area contributed by atoms with Gasteiger partial charge >= 0.3 is 0 Å². The van der Waals surface area contributed by atoms with Crippen LogP contribution in [0.2, 0.25) is 0 Å². The second kappa shape index (κ2) is 11.9. The number of benzene rings is 8. The van der Waals surface area contributed by atoms with Crippen molar-refractivity contribution in [3.63, 3.8) is 0 Å². The topological polar surface area (TPSA) is 51.8 Å². The molecule has 0 N–H and O–H groups in total. The summed E-state index contributed by atoms with van der Waals surface area (Å²) in [5.74, 6) is 1.83. The molecule has 51 heavy (non-hydrogen) atoms. The first-order valence-corrected chi connectivity index (χ1v) is 17.1. The Kier molecular flexibility index (Phi) is 6.78. The van der Waals surface area contributed by atoms with Gasteiger partial charge in [0.2, 0.25) is 0 Å². The fraction of sp³-hybridized carbons (Fsp3) is 0. The summed E-state index contributed by atoms with van der Waals surface area (Å²) in [5.41, 5.74) is 9.03. The standard InChI is InChI=1S/C47H29N3O/c1-2-11-32(12-3-1)45-48-46(50-47(49-45)38-24-25-41-40-17-6-7-19-43(40)51-44(41)29-38)37-16-8-15-34(27-37)35-22-21-31-14-9-18-39(42(31)28-35)36-23-20-30-10-4-5-13-33(30)26-36/h1-29H. The van der Waals surface area contributed by atoms with Gasteiger partial charge in [0.15, 0.2) is 17.5 Å². The first-order valence-electron chi connectivity index (χ1n) is 17.1. The highest BCUT2D eigenvalue weighted by atomic mass is 16.3. The smallest absolute Gasteiger partial charge is 0.164 e. The Labute approximate surface area is 294 Å². The molecule has 4 heteroatoms. The second-order valence-electron chi connectivity index (χ2n) is 12.9. The fourth-order valence-electron chi connectivity index (χ4n) is 7.11. The lowest BCUT2D eigenvalue weighted by molar-refractivity contribution is 0.669. The maximum atomic E-state index is 6.22. The molecule has 2 heterocycles. The van der Waals surface area contributed by atoms with Gasteiger partial charge in [0, 0.05) is 27.5 Å². The molecule has 4 nitrogen and oxygen atoms in total. The quantitative estimate of drug-likeness (QED) is 0.186. The number of hydrogen-bond donors (Lipinski definition) is 0. The molecule has 10 rings (SSSR count). The van der Waals surface area contributed by atoms with Crippen LogP contribution in [-0.4, -0.2) is 15.0 Å². The molecule has 0 spiro atoms. The van der Waals surface area contributed by atoms with Crippen LogP contribution in [0.25, 0.3) is 99.9 Å². The van der Waals surface area contributed by atoms with Gasteiger partial charge in [-0.2, -0.15) is 0 Å². The van der Waals surface area contributed by atoms with E-state index in [-0.39, 0.29) is 0 Å². The minimum atomic E-state index is 0.595. The van der Waals surface area contributed by atoms with Gasteiger partial charge < -0.3 is 4.42 Å². The van der Waals surface area contributed by atoms with Crippen LogP contribution < -0.4 is 0 Å². The molecule has 0 aliphatic heterocycles. The molecule has 10 aromatic rings. The highest BCUT2D eigenvalue weighted by Crippen LogP contribution is 2.36. The molecular formula is C47H29N3O. The zero-order chi connectivity index (χ0) is 33.7. The van der Waals surface area contributed by atoms with Gasteiger partial charge in [0.1, 0.15) is 11.2 Å². The molecule has 0 radical (unpaired) electrons. The summed E-state index contributed by atoms with van der Waals surface area (Å²) in [6.45, 7) is 0. The van der Waals surface area contributed by atoms with Crippen LogP contribution in [0.15, 0.2) is 180 Å². The molecule has 238 valence electrons. The third kappa shape index (κ3) is 5.22. The molecule has 0 fully saturated rings. The van der Waals surface area contributed by atoms with Gasteiger partial charge in [0.05, 0.1) is 0 Å². The molecule has 0 amide bonds. The Morgan fingerprint density at radius 1 is 0.294 bits per heavy atom.